The number of nitrogens with zero attached hydrogens (tertiary/aromatic N) is 2. The molecule has 138 valence electrons. The third-order valence-corrected chi connectivity index (χ3v) is 3.79. The van der Waals surface area contributed by atoms with Crippen molar-refractivity contribution in [2.45, 2.75) is 25.8 Å². The van der Waals surface area contributed by atoms with E-state index in [-0.39, 0.29) is 36.6 Å². The molecule has 0 fully saturated rings. The molecule has 0 bridgehead atoms. The molecule has 1 rings (SSSR count). The van der Waals surface area contributed by atoms with E-state index in [0.29, 0.717) is 6.42 Å². The molecule has 25 heavy (non-hydrogen) atoms. The minimum Gasteiger partial charge on any atom is -0.490 e. The number of aliphatic hydroxyl groups excluding tert-OH is 1. The fourth-order valence-corrected chi connectivity index (χ4v) is 2.34. The number of methoxy groups -OCH3 is 2. The predicted octanol–water partition coefficient (Wildman–Crippen LogP) is 1.38. The lowest BCUT2D eigenvalue weighted by Crippen LogP contribution is -2.43. The lowest BCUT2D eigenvalue weighted by molar-refractivity contribution is -0.385. The molecule has 0 saturated heterocycles. The number of amides is 1. The van der Waals surface area contributed by atoms with Gasteiger partial charge in [0.1, 0.15) is 0 Å². The molecule has 9 nitrogen and oxygen atoms in total. The molecule has 1 aromatic rings. The van der Waals surface area contributed by atoms with Gasteiger partial charge >= 0.3 is 11.7 Å². The van der Waals surface area contributed by atoms with Crippen LogP contribution in [0.3, 0.4) is 0 Å². The molecule has 0 saturated carbocycles. The van der Waals surface area contributed by atoms with Crippen LogP contribution < -0.4 is 4.74 Å². The molecule has 1 amide bonds. The molecule has 1 aromatic carbocycles. The molecule has 0 spiro atoms. The van der Waals surface area contributed by atoms with Gasteiger partial charge in [-0.2, -0.15) is 0 Å². The second-order valence-corrected chi connectivity index (χ2v) is 5.21. The van der Waals surface area contributed by atoms with E-state index in [1.165, 1.54) is 31.3 Å². The van der Waals surface area contributed by atoms with E-state index >= 15 is 0 Å². The molecule has 0 aliphatic heterocycles. The van der Waals surface area contributed by atoms with Gasteiger partial charge in [-0.15, -0.1) is 0 Å². The minimum absolute atomic E-state index is 0.0321. The molecule has 1 unspecified atom stereocenters. The first-order valence-electron chi connectivity index (χ1n) is 7.70. The molecule has 1 atom stereocenters. The summed E-state index contributed by atoms with van der Waals surface area (Å²) >= 11 is 0. The number of hydrogen-bond donors (Lipinski definition) is 1. The molecular formula is C16H22N2O7. The predicted molar refractivity (Wildman–Crippen MR) is 88.5 cm³/mol. The normalized spacial score (nSPS) is 11.5. The summed E-state index contributed by atoms with van der Waals surface area (Å²) < 4.78 is 9.49. The van der Waals surface area contributed by atoms with E-state index in [9.17, 15) is 24.8 Å². The van der Waals surface area contributed by atoms with E-state index in [1.54, 1.807) is 6.92 Å². The Kier molecular flexibility index (Phi) is 7.80. The van der Waals surface area contributed by atoms with E-state index in [0.717, 1.165) is 6.07 Å². The second-order valence-electron chi connectivity index (χ2n) is 5.21. The van der Waals surface area contributed by atoms with Crippen LogP contribution in [0.1, 0.15) is 30.1 Å². The number of ether oxygens (including phenoxy) is 2. The molecule has 0 aliphatic carbocycles. The highest BCUT2D eigenvalue weighted by Gasteiger charge is 2.26. The maximum Gasteiger partial charge on any atom is 0.311 e. The summed E-state index contributed by atoms with van der Waals surface area (Å²) in [5.74, 6) is -0.973. The zero-order chi connectivity index (χ0) is 19.0. The van der Waals surface area contributed by atoms with E-state index < -0.39 is 22.8 Å². The van der Waals surface area contributed by atoms with Crippen LogP contribution >= 0.6 is 0 Å². The molecule has 0 aliphatic rings. The Hall–Kier alpha value is -2.68. The van der Waals surface area contributed by atoms with Crippen LogP contribution in [0.15, 0.2) is 18.2 Å². The quantitative estimate of drug-likeness (QED) is 0.404. The summed E-state index contributed by atoms with van der Waals surface area (Å²) in [7, 11) is 2.54. The standard InChI is InChI=1S/C16H22N2O7/c1-4-12(10-19)17(8-7-15(20)25-3)16(21)11-5-6-14(24-2)13(9-11)18(22)23/h5-6,9,12,19H,4,7-8,10H2,1-3H3. The van der Waals surface area contributed by atoms with Crippen molar-refractivity contribution in [3.8, 4) is 5.75 Å². The molecule has 1 N–H and O–H groups in total. The fraction of sp³-hybridized carbons (Fsp3) is 0.500. The highest BCUT2D eigenvalue weighted by atomic mass is 16.6. The zero-order valence-electron chi connectivity index (χ0n) is 14.4. The summed E-state index contributed by atoms with van der Waals surface area (Å²) in [5.41, 5.74) is -0.261. The number of rotatable bonds is 9. The van der Waals surface area contributed by atoms with E-state index in [4.69, 9.17) is 4.74 Å². The maximum atomic E-state index is 12.8. The first kappa shape index (κ1) is 20.4. The van der Waals surface area contributed by atoms with Gasteiger partial charge in [0.05, 0.1) is 38.2 Å². The van der Waals surface area contributed by atoms with Gasteiger partial charge in [-0.1, -0.05) is 6.92 Å². The molecule has 0 heterocycles. The van der Waals surface area contributed by atoms with E-state index in [2.05, 4.69) is 4.74 Å². The third-order valence-electron chi connectivity index (χ3n) is 3.79. The first-order chi connectivity index (χ1) is 11.9. The van der Waals surface area contributed by atoms with Crippen molar-refractivity contribution < 1.29 is 29.1 Å². The lowest BCUT2D eigenvalue weighted by Gasteiger charge is -2.29. The number of aliphatic hydroxyl groups is 1. The van der Waals surface area contributed by atoms with Crippen LogP contribution in [0.25, 0.3) is 0 Å². The SMILES string of the molecule is CCC(CO)N(CCC(=O)OC)C(=O)c1ccc(OC)c([N+](=O)[O-])c1. The van der Waals surface area contributed by atoms with Gasteiger partial charge in [-0.25, -0.2) is 0 Å². The molecule has 9 heteroatoms. The zero-order valence-corrected chi connectivity index (χ0v) is 14.4. The third kappa shape index (κ3) is 5.15. The number of carbonyl (C=O) groups excluding carboxylic acids is 2. The summed E-state index contributed by atoms with van der Waals surface area (Å²) in [6.07, 6.45) is 0.415. The number of esters is 1. The number of nitro groups is 1. The van der Waals surface area contributed by atoms with Gasteiger partial charge in [-0.3, -0.25) is 19.7 Å². The monoisotopic (exact) mass is 354 g/mol. The van der Waals surface area contributed by atoms with Crippen LogP contribution in [-0.2, 0) is 9.53 Å². The Balaban J connectivity index is 3.17. The molecule has 0 aromatic heterocycles. The van der Waals surface area contributed by atoms with Gasteiger partial charge in [0.25, 0.3) is 5.91 Å². The summed E-state index contributed by atoms with van der Waals surface area (Å²) in [5, 5.41) is 20.6. The smallest absolute Gasteiger partial charge is 0.311 e. The van der Waals surface area contributed by atoms with Crippen LogP contribution in [0.4, 0.5) is 5.69 Å². The highest BCUT2D eigenvalue weighted by Crippen LogP contribution is 2.28. The highest BCUT2D eigenvalue weighted by molar-refractivity contribution is 5.95. The maximum absolute atomic E-state index is 12.8. The summed E-state index contributed by atoms with van der Waals surface area (Å²) in [6, 6.07) is 3.35. The molecule has 0 radical (unpaired) electrons. The van der Waals surface area contributed by atoms with Crippen molar-refractivity contribution >= 4 is 17.6 Å². The average molecular weight is 354 g/mol. The van der Waals surface area contributed by atoms with Crippen LogP contribution in [0, 0.1) is 10.1 Å². The Morgan fingerprint density at radius 2 is 2.04 bits per heavy atom. The van der Waals surface area contributed by atoms with Crippen molar-refractivity contribution in [3.63, 3.8) is 0 Å². The van der Waals surface area contributed by atoms with Crippen molar-refractivity contribution in [1.82, 2.24) is 4.90 Å². The Morgan fingerprint density at radius 1 is 1.36 bits per heavy atom. The van der Waals surface area contributed by atoms with Crippen LogP contribution in [0.2, 0.25) is 0 Å². The van der Waals surface area contributed by atoms with Crippen molar-refractivity contribution in [3.05, 3.63) is 33.9 Å². The van der Waals surface area contributed by atoms with E-state index in [1.807, 2.05) is 0 Å². The van der Waals surface area contributed by atoms with Gasteiger partial charge in [-0.05, 0) is 18.6 Å². The largest absolute Gasteiger partial charge is 0.490 e. The van der Waals surface area contributed by atoms with Gasteiger partial charge in [0.15, 0.2) is 5.75 Å². The van der Waals surface area contributed by atoms with Crippen LogP contribution in [-0.4, -0.2) is 60.2 Å². The van der Waals surface area contributed by atoms with Gasteiger partial charge in [0.2, 0.25) is 0 Å². The number of nitro benzene ring substituents is 1. The van der Waals surface area contributed by atoms with Crippen molar-refractivity contribution in [2.24, 2.45) is 0 Å². The topological polar surface area (TPSA) is 119 Å². The number of carbonyl (C=O) groups is 2. The Labute approximate surface area is 145 Å². The molecular weight excluding hydrogens is 332 g/mol. The minimum atomic E-state index is -0.641. The van der Waals surface area contributed by atoms with Crippen molar-refractivity contribution in [1.29, 1.82) is 0 Å². The van der Waals surface area contributed by atoms with Gasteiger partial charge < -0.3 is 19.5 Å². The van der Waals surface area contributed by atoms with Crippen LogP contribution in [0.5, 0.6) is 5.75 Å². The van der Waals surface area contributed by atoms with Gasteiger partial charge in [0, 0.05) is 18.2 Å². The fourth-order valence-electron chi connectivity index (χ4n) is 2.34. The Morgan fingerprint density at radius 3 is 2.52 bits per heavy atom. The second kappa shape index (κ2) is 9.58. The first-order valence-corrected chi connectivity index (χ1v) is 7.70. The Bertz CT molecular complexity index is 629. The lowest BCUT2D eigenvalue weighted by atomic mass is 10.1. The summed E-state index contributed by atoms with van der Waals surface area (Å²) in [4.78, 5) is 36.0. The number of hydrogen-bond acceptors (Lipinski definition) is 7. The average Bonchev–Trinajstić information content (AvgIpc) is 2.63. The summed E-state index contributed by atoms with van der Waals surface area (Å²) in [6.45, 7) is 1.53. The number of benzene rings is 1. The van der Waals surface area contributed by atoms with Crippen molar-refractivity contribution in [2.75, 3.05) is 27.4 Å².